The molecule has 366 valence electrons. The summed E-state index contributed by atoms with van der Waals surface area (Å²) in [6, 6.07) is 56.8. The molecule has 2 aromatic heterocycles. The molecule has 0 spiro atoms. The number of rotatable bonds is 8. The van der Waals surface area contributed by atoms with Crippen molar-refractivity contribution in [1.29, 1.82) is 0 Å². The first-order valence-electron chi connectivity index (χ1n) is 27.6. The molecule has 0 bridgehead atoms. The number of nitrogens with zero attached hydrogens (tertiary/aromatic N) is 5. The SMILES string of the molecule is [2H]c1c([2H])c([2H])c2c(c1[2H])n(-c1cccc(Oc3ccc4c(n3)N3B5c6c(cccc6-4)-c4ccccc4N5c4ccccc43)c1)[c](=[Pt])n2-c1c(-c2ccccc2)cc(CC(C)C)cc1-c1cc(C(C)(C)C)cc(C(C)(C)C)c1. The Balaban J connectivity index is 1.01. The Labute approximate surface area is 451 Å². The van der Waals surface area contributed by atoms with Gasteiger partial charge in [0, 0.05) is 11.3 Å². The second-order valence-electron chi connectivity index (χ2n) is 22.4. The van der Waals surface area contributed by atoms with E-state index in [0.29, 0.717) is 38.1 Å². The minimum atomic E-state index is -0.304. The molecule has 6 nitrogen and oxygen atoms in total. The van der Waals surface area contributed by atoms with E-state index in [0.717, 1.165) is 68.4 Å². The molecule has 13 rings (SSSR count). The summed E-state index contributed by atoms with van der Waals surface area (Å²) in [6.07, 6.45) is 0.848. The number of anilines is 4. The number of imidazole rings is 1. The zero-order valence-corrected chi connectivity index (χ0v) is 45.2. The van der Waals surface area contributed by atoms with E-state index in [4.69, 9.17) is 11.1 Å². The third-order valence-electron chi connectivity index (χ3n) is 14.9. The van der Waals surface area contributed by atoms with E-state index in [1.54, 1.807) is 0 Å². The molecule has 0 saturated heterocycles. The van der Waals surface area contributed by atoms with Gasteiger partial charge in [-0.2, -0.15) is 0 Å². The predicted octanol–water partition coefficient (Wildman–Crippen LogP) is 16.5. The molecule has 8 aromatic carbocycles. The molecule has 0 saturated carbocycles. The zero-order chi connectivity index (χ0) is 54.3. The molecule has 0 aliphatic carbocycles. The second-order valence-corrected chi connectivity index (χ2v) is 23.4. The van der Waals surface area contributed by atoms with E-state index in [1.807, 2.05) is 41.0 Å². The van der Waals surface area contributed by atoms with Crippen LogP contribution in [0.1, 0.15) is 77.6 Å². The van der Waals surface area contributed by atoms with Crippen molar-refractivity contribution in [2.24, 2.45) is 5.92 Å². The summed E-state index contributed by atoms with van der Waals surface area (Å²) in [5.74, 6) is 2.13. The van der Waals surface area contributed by atoms with Gasteiger partial charge >= 0.3 is 383 Å². The van der Waals surface area contributed by atoms with E-state index in [1.165, 1.54) is 33.3 Å². The van der Waals surface area contributed by atoms with Gasteiger partial charge in [0.2, 0.25) is 0 Å². The van der Waals surface area contributed by atoms with Gasteiger partial charge in [-0.3, -0.25) is 0 Å². The number of hydrogen-bond donors (Lipinski definition) is 0. The van der Waals surface area contributed by atoms with E-state index in [-0.39, 0.29) is 42.0 Å². The van der Waals surface area contributed by atoms with Crippen LogP contribution in [0.3, 0.4) is 0 Å². The van der Waals surface area contributed by atoms with Gasteiger partial charge in [-0.05, 0) is 17.7 Å². The first-order chi connectivity index (χ1) is 37.4. The Morgan fingerprint density at radius 2 is 1.16 bits per heavy atom. The molecule has 0 unspecified atom stereocenters. The fraction of sp³-hybridized carbons (Fsp3) is 0.182. The quantitative estimate of drug-likeness (QED) is 0.142. The van der Waals surface area contributed by atoms with Gasteiger partial charge in [0.25, 0.3) is 0 Å². The third-order valence-corrected chi connectivity index (χ3v) is 15.9. The average Bonchev–Trinajstić information content (AvgIpc) is 4.02. The van der Waals surface area contributed by atoms with Gasteiger partial charge in [0.15, 0.2) is 0 Å². The summed E-state index contributed by atoms with van der Waals surface area (Å²) in [5.41, 5.74) is 18.7. The first-order valence-corrected chi connectivity index (χ1v) is 26.8. The molecule has 0 radical (unpaired) electrons. The van der Waals surface area contributed by atoms with Gasteiger partial charge in [-0.1, -0.05) is 42.5 Å². The number of fused-ring (bicyclic) bond motifs is 10. The fourth-order valence-corrected chi connectivity index (χ4v) is 12.5. The fourth-order valence-electron chi connectivity index (χ4n) is 11.5. The topological polar surface area (TPSA) is 38.5 Å². The van der Waals surface area contributed by atoms with Crippen molar-refractivity contribution in [3.8, 4) is 67.5 Å². The first kappa shape index (κ1) is 41.9. The molecule has 0 N–H and O–H groups in total. The molecule has 0 amide bonds. The standard InChI is InChI=1S/C66H58BN5O.Pt/c1-42(2)34-43-35-54(44-20-10-9-11-21-44)63(55(36-43)45-37-46(65(3,4)5)39-47(38-45)66(6,7)8)70-41-69(57-28-14-15-29-58(57)70)48-22-18-23-49(40-48)73-61-33-32-53-52-26-19-25-51-50-24-12-13-27-56(50)71-59-30-16-17-31-60(59)72(64(53)68-61)67(71)62(51)52;/h9-33,35-40,42H,34H2,1-8H3;/i14D,15D,28D,29D;. The van der Waals surface area contributed by atoms with Crippen LogP contribution in [-0.4, -0.2) is 21.1 Å². The monoisotopic (exact) mass is 1150 g/mol. The summed E-state index contributed by atoms with van der Waals surface area (Å²) < 4.78 is 49.4. The van der Waals surface area contributed by atoms with Crippen LogP contribution in [0.25, 0.3) is 66.9 Å². The van der Waals surface area contributed by atoms with Gasteiger partial charge in [0.1, 0.15) is 0 Å². The van der Waals surface area contributed by atoms with E-state index in [2.05, 4.69) is 216 Å². The summed E-state index contributed by atoms with van der Waals surface area (Å²) in [4.78, 5) is 10.2. The number of ether oxygens (including phenoxy) is 1. The Morgan fingerprint density at radius 3 is 1.85 bits per heavy atom. The minimum absolute atomic E-state index is 0.124. The van der Waals surface area contributed by atoms with Crippen LogP contribution in [0.5, 0.6) is 11.6 Å². The molecule has 0 atom stereocenters. The summed E-state index contributed by atoms with van der Waals surface area (Å²) in [7, 11) is 0. The van der Waals surface area contributed by atoms with Gasteiger partial charge in [-0.25, -0.2) is 0 Å². The van der Waals surface area contributed by atoms with Crippen LogP contribution in [0.4, 0.5) is 22.9 Å². The van der Waals surface area contributed by atoms with Crippen molar-refractivity contribution in [2.45, 2.75) is 72.6 Å². The number of benzene rings is 8. The molecule has 5 heterocycles. The van der Waals surface area contributed by atoms with Gasteiger partial charge < -0.3 is 0 Å². The van der Waals surface area contributed by atoms with Crippen LogP contribution >= 0.6 is 0 Å². The molecule has 10 aromatic rings. The van der Waals surface area contributed by atoms with Crippen LogP contribution in [-0.2, 0) is 36.6 Å². The van der Waals surface area contributed by atoms with E-state index >= 15 is 0 Å². The normalized spacial score (nSPS) is 14.1. The van der Waals surface area contributed by atoms with Crippen LogP contribution in [0.15, 0.2) is 188 Å². The molecule has 8 heteroatoms. The molecule has 0 fully saturated rings. The Bertz CT molecular complexity index is 4180. The maximum atomic E-state index is 9.81. The second kappa shape index (κ2) is 17.3. The van der Waals surface area contributed by atoms with Crippen molar-refractivity contribution in [2.75, 3.05) is 9.62 Å². The number of aromatic nitrogens is 3. The number of pyridine rings is 1. The van der Waals surface area contributed by atoms with Crippen molar-refractivity contribution >= 4 is 46.4 Å². The Kier molecular flexibility index (Phi) is 9.82. The van der Waals surface area contributed by atoms with Crippen LogP contribution in [0.2, 0.25) is 0 Å². The average molecular weight is 1150 g/mol. The van der Waals surface area contributed by atoms with Crippen molar-refractivity contribution in [1.82, 2.24) is 14.1 Å². The van der Waals surface area contributed by atoms with Crippen LogP contribution < -0.4 is 19.8 Å². The van der Waals surface area contributed by atoms with Crippen molar-refractivity contribution in [3.63, 3.8) is 0 Å². The van der Waals surface area contributed by atoms with Crippen molar-refractivity contribution < 1.29 is 29.6 Å². The summed E-state index contributed by atoms with van der Waals surface area (Å²) >= 11 is 2.33. The predicted molar refractivity (Wildman–Crippen MR) is 304 cm³/mol. The molecule has 3 aliphatic rings. The summed E-state index contributed by atoms with van der Waals surface area (Å²) in [5, 5.41) is 0. The number of hydrogen-bond acceptors (Lipinski definition) is 4. The molecule has 74 heavy (non-hydrogen) atoms. The Hall–Kier alpha value is -7.47. The molecular weight excluding hydrogens is 1080 g/mol. The molecular formula is C66H58BN5OPt. The van der Waals surface area contributed by atoms with Crippen LogP contribution in [0, 0.1) is 9.72 Å². The van der Waals surface area contributed by atoms with Gasteiger partial charge in [-0.15, -0.1) is 0 Å². The van der Waals surface area contributed by atoms with E-state index in [9.17, 15) is 4.11 Å². The number of para-hydroxylation sites is 5. The maximum absolute atomic E-state index is 9.81. The Morgan fingerprint density at radius 1 is 0.568 bits per heavy atom. The van der Waals surface area contributed by atoms with Gasteiger partial charge in [0.05, 0.1) is 0 Å². The molecule has 3 aliphatic heterocycles. The zero-order valence-electron chi connectivity index (χ0n) is 46.9. The summed E-state index contributed by atoms with van der Waals surface area (Å²) in [6.45, 7) is 17.9. The third kappa shape index (κ3) is 7.49. The van der Waals surface area contributed by atoms with E-state index < -0.39 is 0 Å². The van der Waals surface area contributed by atoms with Crippen molar-refractivity contribution in [3.05, 3.63) is 208 Å².